The summed E-state index contributed by atoms with van der Waals surface area (Å²) in [6.45, 7) is 6.95. The Hall–Kier alpha value is -1.55. The fourth-order valence-corrected chi connectivity index (χ4v) is 2.97. The van der Waals surface area contributed by atoms with Gasteiger partial charge in [0.25, 0.3) is 0 Å². The number of anilines is 1. The fourth-order valence-electron chi connectivity index (χ4n) is 2.97. The maximum Gasteiger partial charge on any atom is 0.324 e. The van der Waals surface area contributed by atoms with Gasteiger partial charge in [0, 0.05) is 24.3 Å². The van der Waals surface area contributed by atoms with Crippen LogP contribution >= 0.6 is 0 Å². The molecular weight excluding hydrogens is 264 g/mol. The fraction of sp³-hybridized carbons (Fsp3) is 0.588. The molecule has 0 amide bonds. The molecule has 0 aliphatic carbocycles. The number of esters is 1. The molecule has 1 aromatic carbocycles. The minimum Gasteiger partial charge on any atom is -0.468 e. The Balaban J connectivity index is 2.21. The van der Waals surface area contributed by atoms with Gasteiger partial charge in [-0.3, -0.25) is 4.79 Å². The summed E-state index contributed by atoms with van der Waals surface area (Å²) in [5, 5.41) is 3.31. The Morgan fingerprint density at radius 1 is 1.43 bits per heavy atom. The zero-order valence-electron chi connectivity index (χ0n) is 13.4. The van der Waals surface area contributed by atoms with E-state index in [9.17, 15) is 4.79 Å². The molecule has 0 radical (unpaired) electrons. The molecule has 1 aliphatic rings. The maximum absolute atomic E-state index is 12.0. The average Bonchev–Trinajstić information content (AvgIpc) is 2.48. The van der Waals surface area contributed by atoms with E-state index in [-0.39, 0.29) is 18.1 Å². The number of nitrogens with one attached hydrogen (secondary N) is 1. The number of carbonyl (C=O) groups is 1. The number of rotatable bonds is 5. The van der Waals surface area contributed by atoms with E-state index in [1.54, 1.807) is 0 Å². The third-order valence-corrected chi connectivity index (χ3v) is 4.06. The number of benzene rings is 1. The number of carbonyl (C=O) groups excluding carboxylic acids is 1. The third kappa shape index (κ3) is 3.76. The number of hydrogen-bond donors (Lipinski definition) is 1. The molecule has 0 fully saturated rings. The SMILES string of the molecule is COC(=O)C(CN1c2ccccc2CCC1C)NC(C)C. The molecule has 4 heteroatoms. The second-order valence-electron chi connectivity index (χ2n) is 6.07. The first-order valence-corrected chi connectivity index (χ1v) is 7.71. The molecule has 0 spiro atoms. The number of fused-ring (bicyclic) bond motifs is 1. The van der Waals surface area contributed by atoms with Gasteiger partial charge in [-0.25, -0.2) is 0 Å². The summed E-state index contributed by atoms with van der Waals surface area (Å²) in [7, 11) is 1.45. The van der Waals surface area contributed by atoms with E-state index >= 15 is 0 Å². The minimum atomic E-state index is -0.302. The van der Waals surface area contributed by atoms with Crippen molar-refractivity contribution in [2.75, 3.05) is 18.6 Å². The smallest absolute Gasteiger partial charge is 0.324 e. The topological polar surface area (TPSA) is 41.6 Å². The molecule has 0 saturated heterocycles. The molecular formula is C17H26N2O2. The highest BCUT2D eigenvalue weighted by Crippen LogP contribution is 2.30. The van der Waals surface area contributed by atoms with Crippen LogP contribution in [-0.4, -0.2) is 37.7 Å². The van der Waals surface area contributed by atoms with E-state index in [2.05, 4.69) is 41.4 Å². The van der Waals surface area contributed by atoms with Crippen molar-refractivity contribution in [3.63, 3.8) is 0 Å². The lowest BCUT2D eigenvalue weighted by Gasteiger charge is -2.39. The Labute approximate surface area is 127 Å². The predicted molar refractivity (Wildman–Crippen MR) is 85.6 cm³/mol. The van der Waals surface area contributed by atoms with E-state index in [1.165, 1.54) is 18.4 Å². The van der Waals surface area contributed by atoms with Gasteiger partial charge >= 0.3 is 5.97 Å². The van der Waals surface area contributed by atoms with Crippen LogP contribution in [0.1, 0.15) is 32.8 Å². The number of para-hydroxylation sites is 1. The lowest BCUT2D eigenvalue weighted by molar-refractivity contribution is -0.143. The molecule has 1 heterocycles. The van der Waals surface area contributed by atoms with Crippen molar-refractivity contribution in [3.05, 3.63) is 29.8 Å². The Morgan fingerprint density at radius 3 is 2.81 bits per heavy atom. The van der Waals surface area contributed by atoms with Crippen molar-refractivity contribution < 1.29 is 9.53 Å². The van der Waals surface area contributed by atoms with E-state index < -0.39 is 0 Å². The molecule has 2 atom stereocenters. The van der Waals surface area contributed by atoms with Crippen molar-refractivity contribution in [3.8, 4) is 0 Å². The molecule has 1 aliphatic heterocycles. The number of nitrogens with zero attached hydrogens (tertiary/aromatic N) is 1. The second-order valence-corrected chi connectivity index (χ2v) is 6.07. The molecule has 1 aromatic rings. The van der Waals surface area contributed by atoms with Gasteiger partial charge in [0.2, 0.25) is 0 Å². The monoisotopic (exact) mass is 290 g/mol. The molecule has 0 aromatic heterocycles. The first kappa shape index (κ1) is 15.8. The molecule has 116 valence electrons. The maximum atomic E-state index is 12.0. The van der Waals surface area contributed by atoms with Crippen LogP contribution in [0.25, 0.3) is 0 Å². The van der Waals surface area contributed by atoms with Gasteiger partial charge in [-0.15, -0.1) is 0 Å². The lowest BCUT2D eigenvalue weighted by Crippen LogP contribution is -2.52. The summed E-state index contributed by atoms with van der Waals surface area (Å²) in [5.41, 5.74) is 2.61. The number of methoxy groups -OCH3 is 1. The van der Waals surface area contributed by atoms with Crippen LogP contribution in [-0.2, 0) is 16.0 Å². The molecule has 2 rings (SSSR count). The Bertz CT molecular complexity index is 487. The highest BCUT2D eigenvalue weighted by Gasteiger charge is 2.29. The van der Waals surface area contributed by atoms with Gasteiger partial charge in [-0.2, -0.15) is 0 Å². The van der Waals surface area contributed by atoms with Gasteiger partial charge in [0.1, 0.15) is 6.04 Å². The normalized spacial score (nSPS) is 19.3. The van der Waals surface area contributed by atoms with Crippen LogP contribution in [0.5, 0.6) is 0 Å². The van der Waals surface area contributed by atoms with Gasteiger partial charge < -0.3 is 15.0 Å². The van der Waals surface area contributed by atoms with Gasteiger partial charge in [0.05, 0.1) is 7.11 Å². The average molecular weight is 290 g/mol. The van der Waals surface area contributed by atoms with Crippen molar-refractivity contribution in [1.82, 2.24) is 5.32 Å². The van der Waals surface area contributed by atoms with Crippen molar-refractivity contribution in [1.29, 1.82) is 0 Å². The minimum absolute atomic E-state index is 0.195. The summed E-state index contributed by atoms with van der Waals surface area (Å²) >= 11 is 0. The Kier molecular flexibility index (Phi) is 5.23. The van der Waals surface area contributed by atoms with Gasteiger partial charge in [-0.1, -0.05) is 32.0 Å². The standard InChI is InChI=1S/C17H26N2O2/c1-12(2)18-15(17(20)21-4)11-19-13(3)9-10-14-7-5-6-8-16(14)19/h5-8,12-13,15,18H,9-11H2,1-4H3. The van der Waals surface area contributed by atoms with Crippen LogP contribution in [0.3, 0.4) is 0 Å². The second kappa shape index (κ2) is 6.94. The molecule has 4 nitrogen and oxygen atoms in total. The van der Waals surface area contributed by atoms with Crippen LogP contribution in [0.4, 0.5) is 5.69 Å². The van der Waals surface area contributed by atoms with Crippen molar-refractivity contribution >= 4 is 11.7 Å². The zero-order valence-corrected chi connectivity index (χ0v) is 13.4. The summed E-state index contributed by atoms with van der Waals surface area (Å²) in [6.07, 6.45) is 2.22. The zero-order chi connectivity index (χ0) is 15.4. The highest BCUT2D eigenvalue weighted by atomic mass is 16.5. The predicted octanol–water partition coefficient (Wildman–Crippen LogP) is 2.37. The first-order valence-electron chi connectivity index (χ1n) is 7.71. The number of aryl methyl sites for hydroxylation is 1. The summed E-state index contributed by atoms with van der Waals surface area (Å²) in [4.78, 5) is 14.4. The summed E-state index contributed by atoms with van der Waals surface area (Å²) in [6, 6.07) is 8.84. The molecule has 0 saturated carbocycles. The number of ether oxygens (including phenoxy) is 1. The Morgan fingerprint density at radius 2 is 2.14 bits per heavy atom. The molecule has 21 heavy (non-hydrogen) atoms. The molecule has 0 bridgehead atoms. The van der Waals surface area contributed by atoms with Crippen LogP contribution in [0, 0.1) is 0 Å². The van der Waals surface area contributed by atoms with Gasteiger partial charge in [0.15, 0.2) is 0 Å². The summed E-state index contributed by atoms with van der Waals surface area (Å²) in [5.74, 6) is -0.195. The third-order valence-electron chi connectivity index (χ3n) is 4.06. The van der Waals surface area contributed by atoms with E-state index in [4.69, 9.17) is 4.74 Å². The van der Waals surface area contributed by atoms with E-state index in [0.717, 1.165) is 12.8 Å². The lowest BCUT2D eigenvalue weighted by atomic mass is 9.96. The molecule has 2 unspecified atom stereocenters. The largest absolute Gasteiger partial charge is 0.468 e. The quantitative estimate of drug-likeness (QED) is 0.845. The first-order chi connectivity index (χ1) is 10.0. The molecule has 1 N–H and O–H groups in total. The number of hydrogen-bond acceptors (Lipinski definition) is 4. The highest BCUT2D eigenvalue weighted by molar-refractivity contribution is 5.77. The van der Waals surface area contributed by atoms with Crippen LogP contribution < -0.4 is 10.2 Å². The van der Waals surface area contributed by atoms with E-state index in [1.807, 2.05) is 13.8 Å². The van der Waals surface area contributed by atoms with Crippen LogP contribution in [0.2, 0.25) is 0 Å². The van der Waals surface area contributed by atoms with Gasteiger partial charge in [-0.05, 0) is 31.4 Å². The van der Waals surface area contributed by atoms with Crippen molar-refractivity contribution in [2.45, 2.75) is 51.7 Å². The van der Waals surface area contributed by atoms with Crippen molar-refractivity contribution in [2.24, 2.45) is 0 Å². The van der Waals surface area contributed by atoms with E-state index in [0.29, 0.717) is 12.6 Å². The summed E-state index contributed by atoms with van der Waals surface area (Å²) < 4.78 is 4.95. The van der Waals surface area contributed by atoms with Crippen LogP contribution in [0.15, 0.2) is 24.3 Å².